The van der Waals surface area contributed by atoms with Gasteiger partial charge in [0.2, 0.25) is 11.8 Å². The van der Waals surface area contributed by atoms with Crippen LogP contribution in [-0.2, 0) is 16.0 Å². The van der Waals surface area contributed by atoms with Crippen LogP contribution < -0.4 is 4.74 Å². The van der Waals surface area contributed by atoms with Crippen LogP contribution in [0.5, 0.6) is 5.75 Å². The van der Waals surface area contributed by atoms with E-state index in [0.717, 1.165) is 35.3 Å². The molecule has 2 amide bonds. The zero-order valence-corrected chi connectivity index (χ0v) is 21.0. The van der Waals surface area contributed by atoms with E-state index in [9.17, 15) is 9.59 Å². The van der Waals surface area contributed by atoms with Gasteiger partial charge in [-0.15, -0.1) is 22.9 Å². The Kier molecular flexibility index (Phi) is 7.91. The van der Waals surface area contributed by atoms with Crippen LogP contribution >= 0.6 is 22.9 Å². The topological polar surface area (TPSA) is 49.9 Å². The lowest BCUT2D eigenvalue weighted by Crippen LogP contribution is -2.47. The van der Waals surface area contributed by atoms with Gasteiger partial charge in [-0.1, -0.05) is 49.4 Å². The van der Waals surface area contributed by atoms with Crippen LogP contribution in [0.1, 0.15) is 46.3 Å². The van der Waals surface area contributed by atoms with Gasteiger partial charge < -0.3 is 14.5 Å². The van der Waals surface area contributed by atoms with E-state index in [-0.39, 0.29) is 24.4 Å². The van der Waals surface area contributed by atoms with E-state index in [0.29, 0.717) is 13.1 Å². The number of ether oxygens (including phenoxy) is 1. The molecule has 0 saturated heterocycles. The Morgan fingerprint density at radius 3 is 2.56 bits per heavy atom. The van der Waals surface area contributed by atoms with Gasteiger partial charge in [-0.3, -0.25) is 9.59 Å². The summed E-state index contributed by atoms with van der Waals surface area (Å²) in [6.07, 6.45) is 1.56. The van der Waals surface area contributed by atoms with Crippen molar-refractivity contribution in [1.29, 1.82) is 0 Å². The average Bonchev–Trinajstić information content (AvgIpc) is 3.36. The number of hydrogen-bond acceptors (Lipinski definition) is 4. The van der Waals surface area contributed by atoms with Gasteiger partial charge in [-0.25, -0.2) is 0 Å². The molecule has 178 valence electrons. The van der Waals surface area contributed by atoms with Crippen LogP contribution in [0.2, 0.25) is 0 Å². The Morgan fingerprint density at radius 2 is 1.88 bits per heavy atom. The molecule has 2 aromatic carbocycles. The van der Waals surface area contributed by atoms with Crippen LogP contribution in [0.4, 0.5) is 0 Å². The maximum Gasteiger partial charge on any atom is 0.245 e. The Labute approximate surface area is 209 Å². The first-order valence-electron chi connectivity index (χ1n) is 11.5. The molecule has 1 aliphatic heterocycles. The van der Waals surface area contributed by atoms with Crippen molar-refractivity contribution in [3.05, 3.63) is 87.6 Å². The second-order valence-electron chi connectivity index (χ2n) is 8.34. The molecule has 5 nitrogen and oxygen atoms in total. The normalized spacial score (nSPS) is 16.0. The van der Waals surface area contributed by atoms with Crippen molar-refractivity contribution >= 4 is 34.8 Å². The number of carbonyl (C=O) groups excluding carboxylic acids is 2. The van der Waals surface area contributed by atoms with Crippen LogP contribution in [0.15, 0.2) is 66.0 Å². The smallest absolute Gasteiger partial charge is 0.245 e. The molecule has 0 fully saturated rings. The van der Waals surface area contributed by atoms with Gasteiger partial charge in [0.05, 0.1) is 19.7 Å². The Bertz CT molecular complexity index is 1120. The predicted molar refractivity (Wildman–Crippen MR) is 136 cm³/mol. The maximum absolute atomic E-state index is 13.7. The van der Waals surface area contributed by atoms with Crippen LogP contribution in [0.3, 0.4) is 0 Å². The first-order valence-corrected chi connectivity index (χ1v) is 12.8. The lowest BCUT2D eigenvalue weighted by molar-refractivity contribution is -0.141. The molecule has 2 unspecified atom stereocenters. The second-order valence-corrected chi connectivity index (χ2v) is 9.78. The van der Waals surface area contributed by atoms with E-state index in [1.165, 1.54) is 4.88 Å². The zero-order valence-electron chi connectivity index (χ0n) is 19.4. The van der Waals surface area contributed by atoms with Gasteiger partial charge in [-0.05, 0) is 53.1 Å². The minimum Gasteiger partial charge on any atom is -0.497 e. The molecule has 0 saturated carbocycles. The quantitative estimate of drug-likeness (QED) is 0.390. The third-order valence-electron chi connectivity index (χ3n) is 6.16. The van der Waals surface area contributed by atoms with E-state index in [2.05, 4.69) is 11.4 Å². The number of amides is 2. The predicted octanol–water partition coefficient (Wildman–Crippen LogP) is 5.45. The van der Waals surface area contributed by atoms with Crippen molar-refractivity contribution in [3.8, 4) is 5.75 Å². The Morgan fingerprint density at radius 1 is 1.15 bits per heavy atom. The molecule has 0 aliphatic carbocycles. The summed E-state index contributed by atoms with van der Waals surface area (Å²) in [5.74, 6) is 0.463. The third-order valence-corrected chi connectivity index (χ3v) is 7.59. The van der Waals surface area contributed by atoms with E-state index in [4.69, 9.17) is 16.3 Å². The molecular weight excluding hydrogens is 468 g/mol. The summed E-state index contributed by atoms with van der Waals surface area (Å²) >= 11 is 8.26. The molecule has 0 spiro atoms. The molecule has 4 rings (SSSR count). The first-order chi connectivity index (χ1) is 16.5. The summed E-state index contributed by atoms with van der Waals surface area (Å²) in [5, 5.41) is 1.27. The van der Waals surface area contributed by atoms with Gasteiger partial charge in [0.25, 0.3) is 0 Å². The minimum absolute atomic E-state index is 0.00878. The second kappa shape index (κ2) is 11.1. The monoisotopic (exact) mass is 496 g/mol. The van der Waals surface area contributed by atoms with Gasteiger partial charge in [0, 0.05) is 18.0 Å². The molecule has 0 bridgehead atoms. The van der Waals surface area contributed by atoms with Gasteiger partial charge in [0.15, 0.2) is 0 Å². The van der Waals surface area contributed by atoms with Gasteiger partial charge >= 0.3 is 0 Å². The summed E-state index contributed by atoms with van der Waals surface area (Å²) in [6, 6.07) is 19.1. The number of carbonyl (C=O) groups is 2. The van der Waals surface area contributed by atoms with E-state index in [1.807, 2.05) is 66.4 Å². The van der Waals surface area contributed by atoms with E-state index >= 15 is 0 Å². The van der Waals surface area contributed by atoms with E-state index in [1.54, 1.807) is 23.3 Å². The number of nitrogens with zero attached hydrogens (tertiary/aromatic N) is 2. The summed E-state index contributed by atoms with van der Waals surface area (Å²) in [7, 11) is 1.64. The molecule has 0 N–H and O–H groups in total. The largest absolute Gasteiger partial charge is 0.497 e. The van der Waals surface area contributed by atoms with Crippen molar-refractivity contribution in [2.24, 2.45) is 0 Å². The van der Waals surface area contributed by atoms with Crippen LogP contribution in [-0.4, -0.2) is 48.4 Å². The molecule has 7 heteroatoms. The number of benzene rings is 2. The molecule has 3 aromatic rings. The van der Waals surface area contributed by atoms with Gasteiger partial charge in [0.1, 0.15) is 11.1 Å². The highest BCUT2D eigenvalue weighted by molar-refractivity contribution is 7.10. The third kappa shape index (κ3) is 5.13. The molecule has 2 heterocycles. The fourth-order valence-electron chi connectivity index (χ4n) is 4.45. The lowest BCUT2D eigenvalue weighted by atomic mass is 9.93. The molecule has 1 aromatic heterocycles. The summed E-state index contributed by atoms with van der Waals surface area (Å²) in [6.45, 7) is 3.09. The number of fused-ring (bicyclic) bond motifs is 1. The highest BCUT2D eigenvalue weighted by atomic mass is 35.5. The van der Waals surface area contributed by atoms with Crippen molar-refractivity contribution in [2.75, 3.05) is 26.7 Å². The Balaban J connectivity index is 1.58. The number of methoxy groups -OCH3 is 1. The number of hydrogen-bond donors (Lipinski definition) is 0. The zero-order chi connectivity index (χ0) is 24.1. The summed E-state index contributed by atoms with van der Waals surface area (Å²) in [4.78, 5) is 31.7. The van der Waals surface area contributed by atoms with Crippen LogP contribution in [0.25, 0.3) is 0 Å². The standard InChI is InChI=1S/C27H29ClN2O3S/c1-3-15-29(27(32)25(28)19-7-5-4-6-8-19)18-24(31)30-16-13-23-22(14-17-34-23)26(30)20-9-11-21(33-2)12-10-20/h4-12,14,17,25-26H,3,13,15-16,18H2,1-2H3. The SMILES string of the molecule is CCCN(CC(=O)N1CCc2sccc2C1c1ccc(OC)cc1)C(=O)C(Cl)c1ccccc1. The molecule has 1 aliphatic rings. The first kappa shape index (κ1) is 24.3. The fraction of sp³-hybridized carbons (Fsp3) is 0.333. The van der Waals surface area contributed by atoms with Crippen molar-refractivity contribution in [3.63, 3.8) is 0 Å². The van der Waals surface area contributed by atoms with Crippen LogP contribution in [0, 0.1) is 0 Å². The molecular formula is C27H29ClN2O3S. The van der Waals surface area contributed by atoms with Crippen molar-refractivity contribution < 1.29 is 14.3 Å². The Hall–Kier alpha value is -2.83. The van der Waals surface area contributed by atoms with Crippen molar-refractivity contribution in [1.82, 2.24) is 9.80 Å². The number of thiophene rings is 1. The number of halogens is 1. The van der Waals surface area contributed by atoms with Gasteiger partial charge in [-0.2, -0.15) is 0 Å². The average molecular weight is 497 g/mol. The van der Waals surface area contributed by atoms with E-state index < -0.39 is 5.38 Å². The lowest BCUT2D eigenvalue weighted by Gasteiger charge is -2.38. The summed E-state index contributed by atoms with van der Waals surface area (Å²) < 4.78 is 5.31. The minimum atomic E-state index is -0.817. The highest BCUT2D eigenvalue weighted by Crippen LogP contribution is 2.38. The fourth-order valence-corrected chi connectivity index (χ4v) is 5.63. The highest BCUT2D eigenvalue weighted by Gasteiger charge is 2.34. The molecule has 2 atom stereocenters. The molecule has 34 heavy (non-hydrogen) atoms. The number of alkyl halides is 1. The van der Waals surface area contributed by atoms with Crippen molar-refractivity contribution in [2.45, 2.75) is 31.2 Å². The summed E-state index contributed by atoms with van der Waals surface area (Å²) in [5.41, 5.74) is 2.92. The molecule has 0 radical (unpaired) electrons. The maximum atomic E-state index is 13.7. The number of rotatable bonds is 8.